The first kappa shape index (κ1) is 12.4. The highest BCUT2D eigenvalue weighted by molar-refractivity contribution is 6.53. The van der Waals surface area contributed by atoms with Crippen LogP contribution in [-0.2, 0) is 14.3 Å². The van der Waals surface area contributed by atoms with Gasteiger partial charge in [-0.05, 0) is 6.92 Å². The molecule has 6 heteroatoms. The molecule has 0 radical (unpaired) electrons. The average Bonchev–Trinajstić information content (AvgIpc) is 2.60. The summed E-state index contributed by atoms with van der Waals surface area (Å²) in [6.45, 7) is 3.78. The second kappa shape index (κ2) is 4.69. The Morgan fingerprint density at radius 1 is 1.44 bits per heavy atom. The summed E-state index contributed by atoms with van der Waals surface area (Å²) in [4.78, 5) is 12.2. The van der Waals surface area contributed by atoms with Crippen LogP contribution in [0.1, 0.15) is 19.8 Å². The first-order chi connectivity index (χ1) is 7.52. The van der Waals surface area contributed by atoms with Crippen LogP contribution in [0.25, 0.3) is 0 Å². The highest BCUT2D eigenvalue weighted by Crippen LogP contribution is 2.34. The number of carbonyl (C=O) groups is 1. The summed E-state index contributed by atoms with van der Waals surface area (Å²) in [6, 6.07) is 0. The van der Waals surface area contributed by atoms with E-state index in [1.54, 1.807) is 4.90 Å². The van der Waals surface area contributed by atoms with Crippen LogP contribution in [0.2, 0.25) is 0 Å². The fourth-order valence-corrected chi connectivity index (χ4v) is 2.45. The van der Waals surface area contributed by atoms with E-state index < -0.39 is 10.6 Å². The molecule has 2 aliphatic heterocycles. The molecule has 1 unspecified atom stereocenters. The van der Waals surface area contributed by atoms with E-state index in [2.05, 4.69) is 0 Å². The molecule has 0 aromatic rings. The van der Waals surface area contributed by atoms with E-state index >= 15 is 0 Å². The van der Waals surface area contributed by atoms with Crippen molar-refractivity contribution < 1.29 is 14.3 Å². The van der Waals surface area contributed by atoms with E-state index in [9.17, 15) is 4.79 Å². The zero-order valence-corrected chi connectivity index (χ0v) is 10.6. The second-order valence-electron chi connectivity index (χ2n) is 4.28. The molecular formula is C10H15Cl2NO3. The molecule has 2 aliphatic rings. The molecule has 1 atom stereocenters. The number of likely N-dealkylation sites (tertiary alicyclic amines) is 1. The normalized spacial score (nSPS) is 29.0. The molecule has 0 N–H and O–H groups in total. The van der Waals surface area contributed by atoms with Gasteiger partial charge in [0, 0.05) is 25.9 Å². The monoisotopic (exact) mass is 267 g/mol. The number of hydrogen-bond acceptors (Lipinski definition) is 3. The minimum absolute atomic E-state index is 0.135. The number of carbonyl (C=O) groups excluding carboxylic acids is 1. The summed E-state index contributed by atoms with van der Waals surface area (Å²) >= 11 is 11.1. The van der Waals surface area contributed by atoms with Crippen molar-refractivity contribution >= 4 is 29.1 Å². The maximum atomic E-state index is 11.5. The lowest BCUT2D eigenvalue weighted by Crippen LogP contribution is -2.48. The molecule has 0 bridgehead atoms. The molecule has 16 heavy (non-hydrogen) atoms. The van der Waals surface area contributed by atoms with Crippen molar-refractivity contribution in [1.29, 1.82) is 0 Å². The predicted octanol–water partition coefficient (Wildman–Crippen LogP) is 1.54. The van der Waals surface area contributed by atoms with Gasteiger partial charge in [-0.15, -0.1) is 0 Å². The first-order valence-corrected chi connectivity index (χ1v) is 6.28. The molecule has 2 heterocycles. The Kier molecular flexibility index (Phi) is 3.64. The van der Waals surface area contributed by atoms with Gasteiger partial charge in [0.25, 0.3) is 5.91 Å². The number of hydrogen-bond donors (Lipinski definition) is 0. The van der Waals surface area contributed by atoms with Crippen molar-refractivity contribution in [3.05, 3.63) is 0 Å². The molecule has 4 nitrogen and oxygen atoms in total. The molecule has 0 aliphatic carbocycles. The van der Waals surface area contributed by atoms with Crippen LogP contribution in [0.4, 0.5) is 0 Å². The molecule has 1 spiro atoms. The van der Waals surface area contributed by atoms with E-state index in [1.807, 2.05) is 6.92 Å². The van der Waals surface area contributed by atoms with E-state index in [0.29, 0.717) is 32.5 Å². The van der Waals surface area contributed by atoms with Gasteiger partial charge >= 0.3 is 0 Å². The van der Waals surface area contributed by atoms with Gasteiger partial charge in [-0.1, -0.05) is 23.2 Å². The van der Waals surface area contributed by atoms with Gasteiger partial charge in [0.05, 0.1) is 12.7 Å². The summed E-state index contributed by atoms with van der Waals surface area (Å²) in [5.41, 5.74) is 0. The highest BCUT2D eigenvalue weighted by atomic mass is 35.5. The highest BCUT2D eigenvalue weighted by Gasteiger charge is 2.43. The third-order valence-corrected chi connectivity index (χ3v) is 3.39. The molecule has 0 saturated carbocycles. The SMILES string of the molecule is CC1COC2(CCN(C(=O)C(Cl)Cl)CC2)O1. The number of amides is 1. The van der Waals surface area contributed by atoms with Crippen molar-refractivity contribution in [2.45, 2.75) is 36.5 Å². The van der Waals surface area contributed by atoms with Crippen LogP contribution >= 0.6 is 23.2 Å². The third kappa shape index (κ3) is 2.45. The van der Waals surface area contributed by atoms with Crippen LogP contribution in [-0.4, -0.2) is 47.2 Å². The van der Waals surface area contributed by atoms with Crippen LogP contribution in [0.3, 0.4) is 0 Å². The van der Waals surface area contributed by atoms with Gasteiger partial charge in [0.2, 0.25) is 0 Å². The van der Waals surface area contributed by atoms with E-state index in [0.717, 1.165) is 0 Å². The van der Waals surface area contributed by atoms with Crippen molar-refractivity contribution in [2.24, 2.45) is 0 Å². The molecule has 2 rings (SSSR count). The lowest BCUT2D eigenvalue weighted by Gasteiger charge is -2.38. The Morgan fingerprint density at radius 3 is 2.50 bits per heavy atom. The number of rotatable bonds is 1. The van der Waals surface area contributed by atoms with Crippen LogP contribution in [0.15, 0.2) is 0 Å². The average molecular weight is 268 g/mol. The number of piperidine rings is 1. The lowest BCUT2D eigenvalue weighted by molar-refractivity contribution is -0.194. The maximum Gasteiger partial charge on any atom is 0.255 e. The zero-order valence-electron chi connectivity index (χ0n) is 9.12. The molecule has 2 saturated heterocycles. The molecule has 0 aromatic heterocycles. The van der Waals surface area contributed by atoms with Gasteiger partial charge in [-0.25, -0.2) is 0 Å². The van der Waals surface area contributed by atoms with Gasteiger partial charge in [0.1, 0.15) is 0 Å². The molecule has 2 fully saturated rings. The smallest absolute Gasteiger partial charge is 0.255 e. The van der Waals surface area contributed by atoms with Gasteiger partial charge in [-0.2, -0.15) is 0 Å². The Labute approximate surface area is 105 Å². The van der Waals surface area contributed by atoms with Crippen molar-refractivity contribution in [1.82, 2.24) is 4.90 Å². The Morgan fingerprint density at radius 2 is 2.06 bits per heavy atom. The van der Waals surface area contributed by atoms with Crippen LogP contribution in [0.5, 0.6) is 0 Å². The first-order valence-electron chi connectivity index (χ1n) is 5.41. The fourth-order valence-electron chi connectivity index (χ4n) is 2.17. The second-order valence-corrected chi connectivity index (χ2v) is 5.37. The number of nitrogens with zero attached hydrogens (tertiary/aromatic N) is 1. The van der Waals surface area contributed by atoms with Gasteiger partial charge in [-0.3, -0.25) is 4.79 Å². The van der Waals surface area contributed by atoms with Crippen LogP contribution in [0, 0.1) is 0 Å². The lowest BCUT2D eigenvalue weighted by atomic mass is 10.0. The Balaban J connectivity index is 1.90. The zero-order chi connectivity index (χ0) is 11.8. The summed E-state index contributed by atoms with van der Waals surface area (Å²) in [7, 11) is 0. The summed E-state index contributed by atoms with van der Waals surface area (Å²) in [5.74, 6) is -0.714. The van der Waals surface area contributed by atoms with E-state index in [4.69, 9.17) is 32.7 Å². The van der Waals surface area contributed by atoms with Gasteiger partial charge < -0.3 is 14.4 Å². The summed E-state index contributed by atoms with van der Waals surface area (Å²) < 4.78 is 11.4. The largest absolute Gasteiger partial charge is 0.347 e. The number of alkyl halides is 2. The molecule has 92 valence electrons. The molecule has 1 amide bonds. The third-order valence-electron chi connectivity index (χ3n) is 3.02. The van der Waals surface area contributed by atoms with Gasteiger partial charge in [0.15, 0.2) is 10.6 Å². The Bertz CT molecular complexity index is 277. The number of ether oxygens (including phenoxy) is 2. The predicted molar refractivity (Wildman–Crippen MR) is 60.5 cm³/mol. The molecular weight excluding hydrogens is 253 g/mol. The topological polar surface area (TPSA) is 38.8 Å². The summed E-state index contributed by atoms with van der Waals surface area (Å²) in [5, 5.41) is 0. The minimum Gasteiger partial charge on any atom is -0.347 e. The Hall–Kier alpha value is -0.0300. The quantitative estimate of drug-likeness (QED) is 0.677. The van der Waals surface area contributed by atoms with Crippen molar-refractivity contribution in [3.63, 3.8) is 0 Å². The summed E-state index contributed by atoms with van der Waals surface area (Å²) in [6.07, 6.45) is 1.50. The molecule has 0 aromatic carbocycles. The van der Waals surface area contributed by atoms with E-state index in [-0.39, 0.29) is 12.0 Å². The maximum absolute atomic E-state index is 11.5. The fraction of sp³-hybridized carbons (Fsp3) is 0.900. The van der Waals surface area contributed by atoms with Crippen LogP contribution < -0.4 is 0 Å². The van der Waals surface area contributed by atoms with Crippen molar-refractivity contribution in [3.8, 4) is 0 Å². The standard InChI is InChI=1S/C10H15Cl2NO3/c1-7-6-15-10(16-7)2-4-13(5-3-10)9(14)8(11)12/h7-8H,2-6H2,1H3. The van der Waals surface area contributed by atoms with Crippen molar-refractivity contribution in [2.75, 3.05) is 19.7 Å². The number of halogens is 2. The van der Waals surface area contributed by atoms with E-state index in [1.165, 1.54) is 0 Å². The minimum atomic E-state index is -0.974.